The van der Waals surface area contributed by atoms with Gasteiger partial charge >= 0.3 is 0 Å². The highest BCUT2D eigenvalue weighted by Gasteiger charge is 2.11. The molecule has 0 spiro atoms. The van der Waals surface area contributed by atoms with E-state index in [0.29, 0.717) is 19.8 Å². The number of nitrogens with zero attached hydrogens (tertiary/aromatic N) is 2. The Balaban J connectivity index is 2.29. The molecule has 0 unspecified atom stereocenters. The Morgan fingerprint density at radius 3 is 2.89 bits per heavy atom. The van der Waals surface area contributed by atoms with Crippen LogP contribution < -0.4 is 11.1 Å². The summed E-state index contributed by atoms with van der Waals surface area (Å²) < 4.78 is 5.35. The normalized spacial score (nSPS) is 10.7. The van der Waals surface area contributed by atoms with Crippen LogP contribution in [0.1, 0.15) is 10.5 Å². The number of carbonyl (C=O) groups excluding carboxylic acids is 1. The fourth-order valence-electron chi connectivity index (χ4n) is 1.29. The number of carbonyl (C=O) groups is 1. The number of pyridine rings is 1. The van der Waals surface area contributed by atoms with E-state index >= 15 is 0 Å². The number of nitrogens with one attached hydrogen (secondary N) is 1. The minimum atomic E-state index is -0.353. The molecule has 19 heavy (non-hydrogen) atoms. The molecule has 6 nitrogen and oxygen atoms in total. The van der Waals surface area contributed by atoms with E-state index in [1.165, 1.54) is 0 Å². The molecule has 1 rings (SSSR count). The Morgan fingerprint density at radius 1 is 1.47 bits per heavy atom. The van der Waals surface area contributed by atoms with Crippen LogP contribution in [0.25, 0.3) is 0 Å². The van der Waals surface area contributed by atoms with Gasteiger partial charge in [0.2, 0.25) is 0 Å². The molecule has 1 heterocycles. The summed E-state index contributed by atoms with van der Waals surface area (Å²) >= 11 is 5.87. The van der Waals surface area contributed by atoms with Crippen molar-refractivity contribution in [2.24, 2.45) is 0 Å². The molecule has 1 aromatic rings. The Labute approximate surface area is 117 Å². The molecule has 0 aromatic carbocycles. The van der Waals surface area contributed by atoms with Crippen LogP contribution in [0.15, 0.2) is 12.1 Å². The van der Waals surface area contributed by atoms with Crippen molar-refractivity contribution in [2.75, 3.05) is 46.1 Å². The van der Waals surface area contributed by atoms with Gasteiger partial charge in [0, 0.05) is 13.1 Å². The monoisotopic (exact) mass is 286 g/mol. The minimum Gasteiger partial charge on any atom is -0.384 e. The molecule has 1 aromatic heterocycles. The molecule has 0 aliphatic carbocycles. The quantitative estimate of drug-likeness (QED) is 0.719. The van der Waals surface area contributed by atoms with Crippen molar-refractivity contribution in [3.05, 3.63) is 22.8 Å². The molecule has 0 aliphatic rings. The first-order valence-corrected chi connectivity index (χ1v) is 6.31. The smallest absolute Gasteiger partial charge is 0.271 e. The lowest BCUT2D eigenvalue weighted by molar-refractivity contribution is 0.0896. The van der Waals surface area contributed by atoms with Gasteiger partial charge in [-0.1, -0.05) is 11.6 Å². The van der Waals surface area contributed by atoms with Crippen molar-refractivity contribution in [1.29, 1.82) is 0 Å². The van der Waals surface area contributed by atoms with Crippen LogP contribution in [0.3, 0.4) is 0 Å². The second-order valence-electron chi connectivity index (χ2n) is 4.24. The zero-order chi connectivity index (χ0) is 14.3. The van der Waals surface area contributed by atoms with E-state index < -0.39 is 0 Å². The third-order valence-corrected chi connectivity index (χ3v) is 2.60. The summed E-state index contributed by atoms with van der Waals surface area (Å²) in [6, 6.07) is 3.09. The van der Waals surface area contributed by atoms with Gasteiger partial charge in [-0.2, -0.15) is 0 Å². The van der Waals surface area contributed by atoms with Gasteiger partial charge in [0.05, 0.1) is 18.2 Å². The van der Waals surface area contributed by atoms with Crippen LogP contribution in [-0.4, -0.2) is 56.2 Å². The number of hydrogen-bond acceptors (Lipinski definition) is 5. The van der Waals surface area contributed by atoms with Crippen molar-refractivity contribution in [3.63, 3.8) is 0 Å². The highest BCUT2D eigenvalue weighted by atomic mass is 35.5. The number of anilines is 1. The van der Waals surface area contributed by atoms with E-state index in [9.17, 15) is 4.79 Å². The fraction of sp³-hybridized carbons (Fsp3) is 0.500. The van der Waals surface area contributed by atoms with Crippen LogP contribution in [0, 0.1) is 0 Å². The Hall–Kier alpha value is -1.37. The molecular formula is C12H19ClN4O2. The number of halogens is 1. The Bertz CT molecular complexity index is 426. The van der Waals surface area contributed by atoms with Gasteiger partial charge in [-0.25, -0.2) is 4.98 Å². The first-order valence-electron chi connectivity index (χ1n) is 5.93. The van der Waals surface area contributed by atoms with Crippen LogP contribution in [-0.2, 0) is 4.74 Å². The molecule has 0 saturated carbocycles. The molecule has 0 fully saturated rings. The number of hydrogen-bond donors (Lipinski definition) is 2. The summed E-state index contributed by atoms with van der Waals surface area (Å²) in [7, 11) is 3.94. The second-order valence-corrected chi connectivity index (χ2v) is 4.65. The molecule has 0 aliphatic heterocycles. The number of ether oxygens (including phenoxy) is 1. The predicted octanol–water partition coefficient (Wildman–Crippen LogP) is 0.625. The first-order chi connectivity index (χ1) is 9.00. The van der Waals surface area contributed by atoms with E-state index in [1.807, 2.05) is 19.0 Å². The van der Waals surface area contributed by atoms with Crippen LogP contribution >= 0.6 is 11.6 Å². The maximum atomic E-state index is 11.8. The minimum absolute atomic E-state index is 0.134. The van der Waals surface area contributed by atoms with Crippen LogP contribution in [0.2, 0.25) is 5.02 Å². The fourth-order valence-corrected chi connectivity index (χ4v) is 1.48. The molecule has 1 amide bonds. The van der Waals surface area contributed by atoms with Gasteiger partial charge in [0.15, 0.2) is 0 Å². The van der Waals surface area contributed by atoms with Crippen molar-refractivity contribution in [1.82, 2.24) is 15.2 Å². The molecular weight excluding hydrogens is 268 g/mol. The number of amides is 1. The van der Waals surface area contributed by atoms with E-state index in [0.717, 1.165) is 6.54 Å². The zero-order valence-electron chi connectivity index (χ0n) is 11.1. The number of nitrogen functional groups attached to an aromatic ring is 1. The summed E-state index contributed by atoms with van der Waals surface area (Å²) in [5.74, 6) is -0.0923. The number of nitrogens with two attached hydrogens (primary N) is 1. The molecule has 7 heteroatoms. The Morgan fingerprint density at radius 2 is 2.21 bits per heavy atom. The number of rotatable bonds is 7. The van der Waals surface area contributed by atoms with Crippen LogP contribution in [0.4, 0.5) is 5.82 Å². The zero-order valence-corrected chi connectivity index (χ0v) is 11.9. The highest BCUT2D eigenvalue weighted by Crippen LogP contribution is 2.14. The average Bonchev–Trinajstić information content (AvgIpc) is 2.36. The van der Waals surface area contributed by atoms with Crippen molar-refractivity contribution in [2.45, 2.75) is 0 Å². The average molecular weight is 287 g/mol. The van der Waals surface area contributed by atoms with Crippen molar-refractivity contribution in [3.8, 4) is 0 Å². The lowest BCUT2D eigenvalue weighted by Gasteiger charge is -2.10. The summed E-state index contributed by atoms with van der Waals surface area (Å²) in [5.41, 5.74) is 5.64. The van der Waals surface area contributed by atoms with E-state index in [2.05, 4.69) is 10.3 Å². The summed E-state index contributed by atoms with van der Waals surface area (Å²) in [6.45, 7) is 2.31. The topological polar surface area (TPSA) is 80.5 Å². The lowest BCUT2D eigenvalue weighted by Crippen LogP contribution is -2.29. The largest absolute Gasteiger partial charge is 0.384 e. The third-order valence-electron chi connectivity index (χ3n) is 2.30. The summed E-state index contributed by atoms with van der Waals surface area (Å²) in [6.07, 6.45) is 0. The molecule has 0 bridgehead atoms. The van der Waals surface area contributed by atoms with Crippen LogP contribution in [0.5, 0.6) is 0 Å². The van der Waals surface area contributed by atoms with Crippen molar-refractivity contribution >= 4 is 23.3 Å². The van der Waals surface area contributed by atoms with E-state index in [1.54, 1.807) is 12.1 Å². The molecule has 3 N–H and O–H groups in total. The van der Waals surface area contributed by atoms with Gasteiger partial charge in [-0.15, -0.1) is 0 Å². The second kappa shape index (κ2) is 7.93. The number of likely N-dealkylation sites (N-methyl/N-ethyl adjacent to an activating group) is 1. The Kier molecular flexibility index (Phi) is 6.55. The molecule has 0 saturated heterocycles. The third kappa shape index (κ3) is 5.87. The molecule has 106 valence electrons. The molecule has 0 radical (unpaired) electrons. The summed E-state index contributed by atoms with van der Waals surface area (Å²) in [5, 5.41) is 2.95. The van der Waals surface area contributed by atoms with Crippen molar-refractivity contribution < 1.29 is 9.53 Å². The van der Waals surface area contributed by atoms with E-state index in [-0.39, 0.29) is 22.4 Å². The molecule has 0 atom stereocenters. The number of aromatic nitrogens is 1. The first kappa shape index (κ1) is 15.7. The predicted molar refractivity (Wildman–Crippen MR) is 75.4 cm³/mol. The summed E-state index contributed by atoms with van der Waals surface area (Å²) in [4.78, 5) is 17.7. The van der Waals surface area contributed by atoms with Gasteiger partial charge in [-0.3, -0.25) is 4.79 Å². The standard InChI is InChI=1S/C12H19ClN4O2/c1-17(2)6-8-19-7-5-15-12(18)11-9(13)3-4-10(14)16-11/h3-4H,5-8H2,1-2H3,(H2,14,16)(H,15,18). The van der Waals surface area contributed by atoms with Gasteiger partial charge in [0.1, 0.15) is 11.5 Å². The maximum absolute atomic E-state index is 11.8. The maximum Gasteiger partial charge on any atom is 0.271 e. The van der Waals surface area contributed by atoms with Gasteiger partial charge in [0.25, 0.3) is 5.91 Å². The van der Waals surface area contributed by atoms with Gasteiger partial charge < -0.3 is 20.7 Å². The van der Waals surface area contributed by atoms with Gasteiger partial charge in [-0.05, 0) is 26.2 Å². The van der Waals surface area contributed by atoms with E-state index in [4.69, 9.17) is 22.1 Å². The SMILES string of the molecule is CN(C)CCOCCNC(=O)c1nc(N)ccc1Cl. The lowest BCUT2D eigenvalue weighted by atomic mass is 10.3. The highest BCUT2D eigenvalue weighted by molar-refractivity contribution is 6.33.